The standard InChI is InChI=1S/C17H13ClF5NO2S/c1-26-17-7-11(18)3-2-10(17)6-16(25)14-9-24-15-5-4-12(8-13(14)15)27(19,20,21,22)23/h2-5,7-9,24H,6H2,1H3. The van der Waals surface area contributed by atoms with Gasteiger partial charge >= 0.3 is 10.2 Å². The third-order valence-electron chi connectivity index (χ3n) is 4.00. The van der Waals surface area contributed by atoms with E-state index in [-0.39, 0.29) is 22.9 Å². The van der Waals surface area contributed by atoms with Crippen molar-refractivity contribution < 1.29 is 29.0 Å². The van der Waals surface area contributed by atoms with Crippen LogP contribution in [0.3, 0.4) is 0 Å². The summed E-state index contributed by atoms with van der Waals surface area (Å²) in [5, 5.41) is 0.161. The fraction of sp³-hybridized carbons (Fsp3) is 0.118. The first-order chi connectivity index (χ1) is 12.3. The summed E-state index contributed by atoms with van der Waals surface area (Å²) in [5.74, 6) is -0.218. The molecule has 1 aromatic heterocycles. The van der Waals surface area contributed by atoms with Gasteiger partial charge in [0.15, 0.2) is 5.78 Å². The Hall–Kier alpha value is -2.26. The highest BCUT2D eigenvalue weighted by Gasteiger charge is 2.65. The van der Waals surface area contributed by atoms with Crippen LogP contribution in [-0.4, -0.2) is 17.9 Å². The number of aromatic amines is 1. The number of methoxy groups -OCH3 is 1. The average Bonchev–Trinajstić information content (AvgIpc) is 2.97. The second kappa shape index (κ2) is 5.62. The number of ketones is 1. The molecule has 0 fully saturated rings. The summed E-state index contributed by atoms with van der Waals surface area (Å²) in [5.41, 5.74) is 0.489. The molecule has 0 saturated carbocycles. The fourth-order valence-corrected chi connectivity index (χ4v) is 3.53. The Kier molecular flexibility index (Phi) is 4.06. The maximum absolute atomic E-state index is 13.1. The van der Waals surface area contributed by atoms with Crippen molar-refractivity contribution in [2.24, 2.45) is 0 Å². The lowest BCUT2D eigenvalue weighted by Crippen LogP contribution is -2.07. The van der Waals surface area contributed by atoms with Gasteiger partial charge in [0.25, 0.3) is 0 Å². The Labute approximate surface area is 155 Å². The zero-order valence-corrected chi connectivity index (χ0v) is 15.3. The van der Waals surface area contributed by atoms with Gasteiger partial charge in [-0.25, -0.2) is 0 Å². The second-order valence-corrected chi connectivity index (χ2v) is 8.78. The number of H-pyrrole nitrogens is 1. The molecule has 3 nitrogen and oxygen atoms in total. The van der Waals surface area contributed by atoms with Gasteiger partial charge in [0.2, 0.25) is 0 Å². The van der Waals surface area contributed by atoms with Crippen LogP contribution in [0, 0.1) is 0 Å². The van der Waals surface area contributed by atoms with Gasteiger partial charge in [-0.15, -0.1) is 0 Å². The van der Waals surface area contributed by atoms with Crippen molar-refractivity contribution in [2.75, 3.05) is 7.11 Å². The molecule has 2 aromatic carbocycles. The molecule has 0 unspecified atom stereocenters. The highest BCUT2D eigenvalue weighted by Crippen LogP contribution is 3.02. The third kappa shape index (κ3) is 4.03. The summed E-state index contributed by atoms with van der Waals surface area (Å²) in [6, 6.07) is 6.06. The number of halogens is 6. The molecule has 0 radical (unpaired) electrons. The number of hydrogen-bond donors (Lipinski definition) is 1. The van der Waals surface area contributed by atoms with Crippen LogP contribution in [0.25, 0.3) is 10.9 Å². The van der Waals surface area contributed by atoms with Crippen molar-refractivity contribution in [1.82, 2.24) is 4.98 Å². The van der Waals surface area contributed by atoms with Crippen LogP contribution in [0.15, 0.2) is 47.5 Å². The summed E-state index contributed by atoms with van der Waals surface area (Å²) in [6.07, 6.45) is 0.999. The monoisotopic (exact) mass is 425 g/mol. The van der Waals surface area contributed by atoms with E-state index in [9.17, 15) is 24.2 Å². The molecule has 146 valence electrons. The number of fused-ring (bicyclic) bond motifs is 1. The van der Waals surface area contributed by atoms with E-state index in [1.165, 1.54) is 25.4 Å². The van der Waals surface area contributed by atoms with Gasteiger partial charge < -0.3 is 9.72 Å². The van der Waals surface area contributed by atoms with Crippen molar-refractivity contribution in [3.63, 3.8) is 0 Å². The topological polar surface area (TPSA) is 42.1 Å². The molecule has 3 rings (SSSR count). The lowest BCUT2D eigenvalue weighted by molar-refractivity contribution is 0.0993. The van der Waals surface area contributed by atoms with Crippen LogP contribution in [0.1, 0.15) is 15.9 Å². The van der Waals surface area contributed by atoms with E-state index in [1.807, 2.05) is 0 Å². The molecule has 27 heavy (non-hydrogen) atoms. The van der Waals surface area contributed by atoms with Crippen molar-refractivity contribution in [3.8, 4) is 5.75 Å². The summed E-state index contributed by atoms with van der Waals surface area (Å²) < 4.78 is 70.5. The summed E-state index contributed by atoms with van der Waals surface area (Å²) in [7, 11) is -8.47. The number of rotatable bonds is 5. The Morgan fingerprint density at radius 2 is 1.81 bits per heavy atom. The van der Waals surface area contributed by atoms with E-state index >= 15 is 0 Å². The van der Waals surface area contributed by atoms with E-state index < -0.39 is 20.9 Å². The SMILES string of the molecule is COc1cc(Cl)ccc1CC(=O)c1c[nH]c2ccc(S(F)(F)(F)(F)F)cc12. The normalized spacial score (nSPS) is 14.6. The molecule has 0 saturated heterocycles. The maximum Gasteiger partial charge on any atom is 0.310 e. The highest BCUT2D eigenvalue weighted by molar-refractivity contribution is 8.45. The van der Waals surface area contributed by atoms with Gasteiger partial charge in [0.05, 0.1) is 7.11 Å². The number of ether oxygens (including phenoxy) is 1. The van der Waals surface area contributed by atoms with Gasteiger partial charge in [-0.1, -0.05) is 37.1 Å². The molecule has 3 aromatic rings. The van der Waals surface area contributed by atoms with Crippen LogP contribution in [0.5, 0.6) is 5.75 Å². The second-order valence-electron chi connectivity index (χ2n) is 5.93. The molecule has 0 aliphatic carbocycles. The molecule has 10 heteroatoms. The van der Waals surface area contributed by atoms with Crippen LogP contribution < -0.4 is 4.74 Å². The zero-order chi connectivity index (χ0) is 20.1. The van der Waals surface area contributed by atoms with Crippen LogP contribution >= 0.6 is 21.8 Å². The van der Waals surface area contributed by atoms with Gasteiger partial charge in [-0.3, -0.25) is 4.79 Å². The van der Waals surface area contributed by atoms with Crippen molar-refractivity contribution in [3.05, 3.63) is 58.7 Å². The first-order valence-electron chi connectivity index (χ1n) is 7.49. The quantitative estimate of drug-likeness (QED) is 0.356. The molecule has 1 heterocycles. The third-order valence-corrected chi connectivity index (χ3v) is 5.38. The lowest BCUT2D eigenvalue weighted by atomic mass is 10.0. The highest BCUT2D eigenvalue weighted by atomic mass is 35.5. The molecule has 0 aliphatic heterocycles. The molecule has 0 bridgehead atoms. The number of benzene rings is 2. The molecule has 0 spiro atoms. The molecule has 1 N–H and O–H groups in total. The maximum atomic E-state index is 13.1. The van der Waals surface area contributed by atoms with Gasteiger partial charge in [0, 0.05) is 39.7 Å². The van der Waals surface area contributed by atoms with Gasteiger partial charge in [0.1, 0.15) is 10.6 Å². The smallest absolute Gasteiger partial charge is 0.310 e. The number of aromatic nitrogens is 1. The van der Waals surface area contributed by atoms with Crippen molar-refractivity contribution >= 4 is 38.5 Å². The largest absolute Gasteiger partial charge is 0.496 e. The number of carbonyl (C=O) groups excluding carboxylic acids is 1. The minimum Gasteiger partial charge on any atom is -0.496 e. The molecule has 0 aliphatic rings. The van der Waals surface area contributed by atoms with E-state index in [0.717, 1.165) is 6.07 Å². The van der Waals surface area contributed by atoms with Crippen LogP contribution in [0.4, 0.5) is 19.4 Å². The van der Waals surface area contributed by atoms with E-state index in [1.54, 1.807) is 6.07 Å². The predicted octanol–water partition coefficient (Wildman–Crippen LogP) is 6.91. The Morgan fingerprint density at radius 3 is 2.44 bits per heavy atom. The average molecular weight is 426 g/mol. The summed E-state index contributed by atoms with van der Waals surface area (Å²) >= 11 is 5.85. The Balaban J connectivity index is 2.04. The minimum absolute atomic E-state index is 0.120. The Bertz CT molecular complexity index is 1060. The number of Topliss-reactive ketones (excluding diaryl/α,β-unsaturated/α-hetero) is 1. The van der Waals surface area contributed by atoms with Crippen LogP contribution in [-0.2, 0) is 6.42 Å². The Morgan fingerprint density at radius 1 is 1.11 bits per heavy atom. The number of hydrogen-bond acceptors (Lipinski definition) is 2. The summed E-state index contributed by atoms with van der Waals surface area (Å²) in [6.45, 7) is 0. The van der Waals surface area contributed by atoms with Crippen molar-refractivity contribution in [2.45, 2.75) is 11.3 Å². The number of carbonyl (C=O) groups is 1. The minimum atomic E-state index is -9.85. The number of nitrogens with one attached hydrogen (secondary N) is 1. The molecular weight excluding hydrogens is 413 g/mol. The van der Waals surface area contributed by atoms with Gasteiger partial charge in [-0.05, 0) is 30.3 Å². The first-order valence-corrected chi connectivity index (χ1v) is 9.82. The van der Waals surface area contributed by atoms with E-state index in [0.29, 0.717) is 28.5 Å². The zero-order valence-electron chi connectivity index (χ0n) is 13.7. The van der Waals surface area contributed by atoms with E-state index in [2.05, 4.69) is 4.98 Å². The van der Waals surface area contributed by atoms with Crippen molar-refractivity contribution in [1.29, 1.82) is 0 Å². The lowest BCUT2D eigenvalue weighted by Gasteiger charge is -2.40. The van der Waals surface area contributed by atoms with Crippen LogP contribution in [0.2, 0.25) is 5.02 Å². The first kappa shape index (κ1) is 19.5. The molecular formula is C17H13ClF5NO2S. The predicted molar refractivity (Wildman–Crippen MR) is 95.7 cm³/mol. The fourth-order valence-electron chi connectivity index (χ4n) is 2.70. The van der Waals surface area contributed by atoms with E-state index in [4.69, 9.17) is 16.3 Å². The van der Waals surface area contributed by atoms with Gasteiger partial charge in [-0.2, -0.15) is 0 Å². The summed E-state index contributed by atoms with van der Waals surface area (Å²) in [4.78, 5) is 13.2. The molecule has 0 atom stereocenters. The molecule has 0 amide bonds.